The molecule has 4 aliphatic carbocycles. The number of hydrogen-bond donors (Lipinski definition) is 1. The maximum Gasteiger partial charge on any atom is 0.338 e. The van der Waals surface area contributed by atoms with Crippen LogP contribution >= 0.6 is 22.6 Å². The molecule has 0 heterocycles. The number of esters is 1. The number of ether oxygens (including phenoxy) is 1. The van der Waals surface area contributed by atoms with Crippen molar-refractivity contribution in [1.29, 1.82) is 0 Å². The van der Waals surface area contributed by atoms with Gasteiger partial charge in [0.15, 0.2) is 5.78 Å². The zero-order valence-electron chi connectivity index (χ0n) is 20.8. The van der Waals surface area contributed by atoms with Crippen molar-refractivity contribution in [2.24, 2.45) is 34.5 Å². The van der Waals surface area contributed by atoms with Crippen LogP contribution in [0.4, 0.5) is 0 Å². The molecule has 34 heavy (non-hydrogen) atoms. The third kappa shape index (κ3) is 3.47. The van der Waals surface area contributed by atoms with Crippen LogP contribution in [0.2, 0.25) is 0 Å². The van der Waals surface area contributed by atoms with Crippen molar-refractivity contribution >= 4 is 34.3 Å². The third-order valence-electron chi connectivity index (χ3n) is 10.4. The number of fused-ring (bicyclic) bond motifs is 5. The normalized spacial score (nSPS) is 43.2. The van der Waals surface area contributed by atoms with E-state index < -0.39 is 5.60 Å². The SMILES string of the molecule is CC(=O)[C@@]1(O)[C@H](C)C[C@H]2[C@H]3CC[C@H]4C[C@H](OC(=O)c5cccc(I)c5)CC[C@]4(C)C3=CC[C@@]21C. The molecule has 0 bridgehead atoms. The molecule has 8 atom stereocenters. The van der Waals surface area contributed by atoms with Gasteiger partial charge in [-0.1, -0.05) is 38.5 Å². The summed E-state index contributed by atoms with van der Waals surface area (Å²) >= 11 is 2.22. The molecule has 0 amide bonds. The van der Waals surface area contributed by atoms with Crippen LogP contribution in [0, 0.1) is 38.1 Å². The number of aliphatic hydroxyl groups is 1. The largest absolute Gasteiger partial charge is 0.459 e. The summed E-state index contributed by atoms with van der Waals surface area (Å²) in [4.78, 5) is 25.4. The van der Waals surface area contributed by atoms with E-state index in [-0.39, 0.29) is 34.6 Å². The lowest BCUT2D eigenvalue weighted by atomic mass is 9.48. The molecule has 1 N–H and O–H groups in total. The first-order valence-electron chi connectivity index (χ1n) is 12.9. The third-order valence-corrected chi connectivity index (χ3v) is 11.1. The van der Waals surface area contributed by atoms with Crippen LogP contribution in [-0.4, -0.2) is 28.6 Å². The fraction of sp³-hybridized carbons (Fsp3) is 0.655. The molecule has 0 aliphatic heterocycles. The van der Waals surface area contributed by atoms with E-state index in [1.807, 2.05) is 24.3 Å². The minimum atomic E-state index is -1.22. The predicted molar refractivity (Wildman–Crippen MR) is 140 cm³/mol. The van der Waals surface area contributed by atoms with E-state index in [0.717, 1.165) is 48.5 Å². The molecule has 3 saturated carbocycles. The molecule has 1 aromatic carbocycles. The van der Waals surface area contributed by atoms with Crippen LogP contribution in [0.1, 0.15) is 83.0 Å². The standard InChI is InChI=1S/C29H37IO4/c1-17-14-25-23-9-8-20-16-22(34-26(32)19-6-5-7-21(30)15-19)10-12-27(20,3)24(23)11-13-28(25,4)29(17,33)18(2)31/h5-7,11,15,17,20,22-23,25,33H,8-10,12-14,16H2,1-4H3/t17-,20+,22-,23+,25+,27+,28+,29+/m1/s1. The van der Waals surface area contributed by atoms with E-state index in [4.69, 9.17) is 4.74 Å². The summed E-state index contributed by atoms with van der Waals surface area (Å²) in [5, 5.41) is 11.6. The van der Waals surface area contributed by atoms with Crippen molar-refractivity contribution in [2.45, 2.75) is 84.3 Å². The quantitative estimate of drug-likeness (QED) is 0.259. The van der Waals surface area contributed by atoms with E-state index in [1.165, 1.54) is 0 Å². The number of benzene rings is 1. The Labute approximate surface area is 217 Å². The van der Waals surface area contributed by atoms with Crippen LogP contribution in [0.15, 0.2) is 35.9 Å². The summed E-state index contributed by atoms with van der Waals surface area (Å²) in [6, 6.07) is 7.60. The van der Waals surface area contributed by atoms with Crippen LogP contribution in [-0.2, 0) is 9.53 Å². The topological polar surface area (TPSA) is 63.6 Å². The average molecular weight is 577 g/mol. The van der Waals surface area contributed by atoms with Crippen LogP contribution in [0.25, 0.3) is 0 Å². The molecular formula is C29H37IO4. The number of carbonyl (C=O) groups is 2. The van der Waals surface area contributed by atoms with Gasteiger partial charge < -0.3 is 9.84 Å². The fourth-order valence-corrected chi connectivity index (χ4v) is 9.07. The van der Waals surface area contributed by atoms with Crippen molar-refractivity contribution in [3.63, 3.8) is 0 Å². The Kier molecular flexibility index (Phi) is 6.07. The van der Waals surface area contributed by atoms with Crippen molar-refractivity contribution in [3.05, 3.63) is 45.0 Å². The average Bonchev–Trinajstić information content (AvgIpc) is 3.01. The van der Waals surface area contributed by atoms with Gasteiger partial charge in [0.05, 0.1) is 5.56 Å². The fourth-order valence-electron chi connectivity index (χ4n) is 8.52. The predicted octanol–water partition coefficient (Wildman–Crippen LogP) is 6.35. The first kappa shape index (κ1) is 24.5. The highest BCUT2D eigenvalue weighted by Gasteiger charge is 2.66. The Morgan fingerprint density at radius 2 is 1.91 bits per heavy atom. The van der Waals surface area contributed by atoms with Crippen LogP contribution < -0.4 is 0 Å². The summed E-state index contributed by atoms with van der Waals surface area (Å²) < 4.78 is 7.02. The first-order valence-corrected chi connectivity index (χ1v) is 14.0. The second kappa shape index (κ2) is 8.43. The smallest absolute Gasteiger partial charge is 0.338 e. The first-order chi connectivity index (χ1) is 16.0. The Bertz CT molecular complexity index is 1050. The molecule has 0 spiro atoms. The second-order valence-electron chi connectivity index (χ2n) is 12.0. The van der Waals surface area contributed by atoms with Gasteiger partial charge >= 0.3 is 5.97 Å². The molecule has 0 saturated heterocycles. The summed E-state index contributed by atoms with van der Waals surface area (Å²) in [6.07, 6.45) is 9.14. The zero-order chi connectivity index (χ0) is 24.5. The minimum Gasteiger partial charge on any atom is -0.459 e. The monoisotopic (exact) mass is 576 g/mol. The summed E-state index contributed by atoms with van der Waals surface area (Å²) in [6.45, 7) is 8.21. The Hall–Kier alpha value is -1.21. The van der Waals surface area contributed by atoms with Gasteiger partial charge in [0.1, 0.15) is 11.7 Å². The highest BCUT2D eigenvalue weighted by Crippen LogP contribution is 2.67. The molecule has 5 heteroatoms. The number of allylic oxidation sites excluding steroid dienone is 2. The van der Waals surface area contributed by atoms with Crippen LogP contribution in [0.5, 0.6) is 0 Å². The molecule has 1 aromatic rings. The van der Waals surface area contributed by atoms with Gasteiger partial charge in [-0.25, -0.2) is 4.79 Å². The maximum absolute atomic E-state index is 12.8. The number of carbonyl (C=O) groups excluding carboxylic acids is 2. The lowest BCUT2D eigenvalue weighted by Gasteiger charge is -2.57. The molecule has 3 fully saturated rings. The lowest BCUT2D eigenvalue weighted by molar-refractivity contribution is -0.156. The van der Waals surface area contributed by atoms with E-state index in [9.17, 15) is 14.7 Å². The van der Waals surface area contributed by atoms with Gasteiger partial charge in [0, 0.05) is 8.99 Å². The minimum absolute atomic E-state index is 0.00512. The van der Waals surface area contributed by atoms with Crippen molar-refractivity contribution in [1.82, 2.24) is 0 Å². The van der Waals surface area contributed by atoms with Crippen molar-refractivity contribution in [2.75, 3.05) is 0 Å². The van der Waals surface area contributed by atoms with Gasteiger partial charge in [-0.05, 0) is 122 Å². The van der Waals surface area contributed by atoms with Gasteiger partial charge in [-0.2, -0.15) is 0 Å². The molecule has 4 nitrogen and oxygen atoms in total. The van der Waals surface area contributed by atoms with E-state index in [0.29, 0.717) is 23.3 Å². The summed E-state index contributed by atoms with van der Waals surface area (Å²) in [7, 11) is 0. The van der Waals surface area contributed by atoms with Crippen molar-refractivity contribution < 1.29 is 19.4 Å². The van der Waals surface area contributed by atoms with Gasteiger partial charge in [0.2, 0.25) is 0 Å². The Morgan fingerprint density at radius 1 is 1.15 bits per heavy atom. The lowest BCUT2D eigenvalue weighted by Crippen LogP contribution is -2.56. The molecule has 4 aliphatic rings. The number of hydrogen-bond acceptors (Lipinski definition) is 4. The van der Waals surface area contributed by atoms with Gasteiger partial charge in [-0.15, -0.1) is 0 Å². The van der Waals surface area contributed by atoms with E-state index in [1.54, 1.807) is 12.5 Å². The van der Waals surface area contributed by atoms with Gasteiger partial charge in [-0.3, -0.25) is 4.79 Å². The highest BCUT2D eigenvalue weighted by atomic mass is 127. The highest BCUT2D eigenvalue weighted by molar-refractivity contribution is 14.1. The molecule has 0 radical (unpaired) electrons. The summed E-state index contributed by atoms with van der Waals surface area (Å²) in [5.74, 6) is 1.02. The zero-order valence-corrected chi connectivity index (χ0v) is 22.9. The molecule has 0 unspecified atom stereocenters. The second-order valence-corrected chi connectivity index (χ2v) is 13.2. The summed E-state index contributed by atoms with van der Waals surface area (Å²) in [5.41, 5.74) is 0.712. The number of halogens is 1. The molecule has 0 aromatic heterocycles. The van der Waals surface area contributed by atoms with Gasteiger partial charge in [0.25, 0.3) is 0 Å². The maximum atomic E-state index is 12.8. The molecule has 184 valence electrons. The van der Waals surface area contributed by atoms with E-state index >= 15 is 0 Å². The van der Waals surface area contributed by atoms with E-state index in [2.05, 4.69) is 49.4 Å². The number of rotatable bonds is 3. The Balaban J connectivity index is 1.35. The van der Waals surface area contributed by atoms with Crippen molar-refractivity contribution in [3.8, 4) is 0 Å². The van der Waals surface area contributed by atoms with Crippen LogP contribution in [0.3, 0.4) is 0 Å². The molecule has 5 rings (SSSR count). The molecular weight excluding hydrogens is 539 g/mol. The Morgan fingerprint density at radius 3 is 2.62 bits per heavy atom. The number of ketones is 1. The number of Topliss-reactive ketones (excluding diaryl/α,β-unsaturated/α-hetero) is 1.